The molecular weight excluding hydrogens is 242 g/mol. The molecule has 2 rings (SSSR count). The van der Waals surface area contributed by atoms with Crippen LogP contribution in [0.15, 0.2) is 30.3 Å². The van der Waals surface area contributed by atoms with Crippen molar-refractivity contribution in [2.24, 2.45) is 0 Å². The lowest BCUT2D eigenvalue weighted by molar-refractivity contribution is 1.02. The maximum atomic E-state index is 4.24. The minimum Gasteiger partial charge on any atom is -0.368 e. The molecule has 2 aromatic rings. The molecule has 0 saturated heterocycles. The number of hydrogen-bond acceptors (Lipinski definition) is 4. The highest BCUT2D eigenvalue weighted by Gasteiger charge is 2.02. The number of thiol groups is 1. The largest absolute Gasteiger partial charge is 0.368 e. The number of nitrogens with one attached hydrogen (secondary N) is 1. The zero-order chi connectivity index (χ0) is 13.0. The smallest absolute Gasteiger partial charge is 0.148 e. The Morgan fingerprint density at radius 2 is 1.89 bits per heavy atom. The van der Waals surface area contributed by atoms with Crippen LogP contribution in [0.2, 0.25) is 0 Å². The van der Waals surface area contributed by atoms with Crippen LogP contribution >= 0.6 is 12.6 Å². The van der Waals surface area contributed by atoms with E-state index in [1.807, 2.05) is 12.1 Å². The number of rotatable bonds is 4. The van der Waals surface area contributed by atoms with Crippen molar-refractivity contribution in [3.8, 4) is 11.3 Å². The van der Waals surface area contributed by atoms with Crippen LogP contribution in [0.25, 0.3) is 11.3 Å². The lowest BCUT2D eigenvalue weighted by atomic mass is 10.0. The van der Waals surface area contributed by atoms with Crippen molar-refractivity contribution < 1.29 is 0 Å². The first-order valence-corrected chi connectivity index (χ1v) is 6.60. The molecule has 0 unspecified atom stereocenters. The summed E-state index contributed by atoms with van der Waals surface area (Å²) >= 11 is 4.14. The van der Waals surface area contributed by atoms with Gasteiger partial charge in [0.05, 0.1) is 5.69 Å². The van der Waals surface area contributed by atoms with Crippen LogP contribution in [0, 0.1) is 13.8 Å². The minimum absolute atomic E-state index is 0.778. The number of hydrogen-bond donors (Lipinski definition) is 2. The lowest BCUT2D eigenvalue weighted by Gasteiger charge is -2.06. The van der Waals surface area contributed by atoms with Crippen molar-refractivity contribution in [1.82, 2.24) is 10.2 Å². The second kappa shape index (κ2) is 5.87. The van der Waals surface area contributed by atoms with Crippen LogP contribution in [-0.4, -0.2) is 22.5 Å². The van der Waals surface area contributed by atoms with Crippen molar-refractivity contribution in [3.05, 3.63) is 41.5 Å². The summed E-state index contributed by atoms with van der Waals surface area (Å²) in [6, 6.07) is 10.3. The minimum atomic E-state index is 0.778. The average Bonchev–Trinajstić information content (AvgIpc) is 2.40. The van der Waals surface area contributed by atoms with Crippen molar-refractivity contribution in [2.45, 2.75) is 13.8 Å². The molecule has 0 amide bonds. The third-order valence-corrected chi connectivity index (χ3v) is 3.11. The molecule has 1 aromatic heterocycles. The van der Waals surface area contributed by atoms with E-state index in [0.29, 0.717) is 0 Å². The summed E-state index contributed by atoms with van der Waals surface area (Å²) < 4.78 is 0. The predicted octanol–water partition coefficient (Wildman–Crippen LogP) is 3.10. The van der Waals surface area contributed by atoms with Crippen LogP contribution in [0.3, 0.4) is 0 Å². The first-order valence-electron chi connectivity index (χ1n) is 5.97. The number of benzene rings is 1. The molecule has 1 aromatic carbocycles. The van der Waals surface area contributed by atoms with E-state index in [1.54, 1.807) is 0 Å². The summed E-state index contributed by atoms with van der Waals surface area (Å²) in [7, 11) is 0. The van der Waals surface area contributed by atoms with Gasteiger partial charge in [0.2, 0.25) is 0 Å². The molecule has 1 N–H and O–H groups in total. The van der Waals surface area contributed by atoms with Gasteiger partial charge in [-0.15, -0.1) is 10.2 Å². The molecule has 0 aliphatic heterocycles. The Labute approximate surface area is 113 Å². The Kier molecular flexibility index (Phi) is 4.20. The summed E-state index contributed by atoms with van der Waals surface area (Å²) in [6.07, 6.45) is 0. The summed E-state index contributed by atoms with van der Waals surface area (Å²) in [6.45, 7) is 5.00. The molecule has 0 radical (unpaired) electrons. The number of nitrogens with zero attached hydrogens (tertiary/aromatic N) is 2. The maximum Gasteiger partial charge on any atom is 0.148 e. The molecule has 4 heteroatoms. The first kappa shape index (κ1) is 12.9. The first-order chi connectivity index (χ1) is 8.70. The SMILES string of the molecule is Cc1ccc(-c2ccc(NCCS)nn2)cc1C. The highest BCUT2D eigenvalue weighted by Crippen LogP contribution is 2.20. The van der Waals surface area contributed by atoms with Gasteiger partial charge in [-0.1, -0.05) is 12.1 Å². The summed E-state index contributed by atoms with van der Waals surface area (Å²) in [5.41, 5.74) is 4.56. The molecule has 0 aliphatic carbocycles. The molecule has 0 spiro atoms. The Morgan fingerprint density at radius 3 is 2.50 bits per heavy atom. The molecule has 18 heavy (non-hydrogen) atoms. The summed E-state index contributed by atoms with van der Waals surface area (Å²) in [5, 5.41) is 11.5. The van der Waals surface area contributed by atoms with Crippen molar-refractivity contribution in [2.75, 3.05) is 17.6 Å². The average molecular weight is 259 g/mol. The fourth-order valence-corrected chi connectivity index (χ4v) is 1.78. The standard InChI is InChI=1S/C14H17N3S/c1-10-3-4-12(9-11(10)2)13-5-6-14(17-16-13)15-7-8-18/h3-6,9,18H,7-8H2,1-2H3,(H,15,17). The highest BCUT2D eigenvalue weighted by atomic mass is 32.1. The highest BCUT2D eigenvalue weighted by molar-refractivity contribution is 7.80. The van der Waals surface area contributed by atoms with E-state index >= 15 is 0 Å². The van der Waals surface area contributed by atoms with Gasteiger partial charge in [0, 0.05) is 17.9 Å². The van der Waals surface area contributed by atoms with Gasteiger partial charge in [0.1, 0.15) is 5.82 Å². The Hall–Kier alpha value is -1.55. The van der Waals surface area contributed by atoms with Gasteiger partial charge in [0.15, 0.2) is 0 Å². The Balaban J connectivity index is 2.20. The Morgan fingerprint density at radius 1 is 1.06 bits per heavy atom. The quantitative estimate of drug-likeness (QED) is 0.829. The van der Waals surface area contributed by atoms with Gasteiger partial charge in [0.25, 0.3) is 0 Å². The lowest BCUT2D eigenvalue weighted by Crippen LogP contribution is -2.05. The second-order valence-electron chi connectivity index (χ2n) is 4.25. The zero-order valence-electron chi connectivity index (χ0n) is 10.6. The van der Waals surface area contributed by atoms with Gasteiger partial charge < -0.3 is 5.32 Å². The number of aryl methyl sites for hydroxylation is 2. The summed E-state index contributed by atoms with van der Waals surface area (Å²) in [5.74, 6) is 1.57. The van der Waals surface area contributed by atoms with E-state index in [9.17, 15) is 0 Å². The molecule has 0 fully saturated rings. The van der Waals surface area contributed by atoms with E-state index in [1.165, 1.54) is 11.1 Å². The molecule has 0 atom stereocenters. The molecule has 3 nitrogen and oxygen atoms in total. The molecular formula is C14H17N3S. The van der Waals surface area contributed by atoms with Crippen LogP contribution in [0.5, 0.6) is 0 Å². The predicted molar refractivity (Wildman–Crippen MR) is 79.3 cm³/mol. The monoisotopic (exact) mass is 259 g/mol. The van der Waals surface area contributed by atoms with Gasteiger partial charge >= 0.3 is 0 Å². The van der Waals surface area contributed by atoms with Gasteiger partial charge in [-0.05, 0) is 43.2 Å². The van der Waals surface area contributed by atoms with Crippen molar-refractivity contribution >= 4 is 18.4 Å². The summed E-state index contributed by atoms with van der Waals surface area (Å²) in [4.78, 5) is 0. The van der Waals surface area contributed by atoms with Gasteiger partial charge in [-0.3, -0.25) is 0 Å². The van der Waals surface area contributed by atoms with Gasteiger partial charge in [-0.2, -0.15) is 12.6 Å². The topological polar surface area (TPSA) is 37.8 Å². The second-order valence-corrected chi connectivity index (χ2v) is 4.70. The fourth-order valence-electron chi connectivity index (χ4n) is 1.67. The molecule has 0 bridgehead atoms. The van der Waals surface area contributed by atoms with Gasteiger partial charge in [-0.25, -0.2) is 0 Å². The zero-order valence-corrected chi connectivity index (χ0v) is 11.5. The number of anilines is 1. The van der Waals surface area contributed by atoms with Crippen molar-refractivity contribution in [3.63, 3.8) is 0 Å². The van der Waals surface area contributed by atoms with E-state index in [0.717, 1.165) is 29.4 Å². The van der Waals surface area contributed by atoms with E-state index < -0.39 is 0 Å². The molecule has 0 aliphatic rings. The van der Waals surface area contributed by atoms with E-state index in [-0.39, 0.29) is 0 Å². The normalized spacial score (nSPS) is 10.4. The molecule has 1 heterocycles. The van der Waals surface area contributed by atoms with E-state index in [4.69, 9.17) is 0 Å². The van der Waals surface area contributed by atoms with E-state index in [2.05, 4.69) is 60.2 Å². The van der Waals surface area contributed by atoms with Crippen LogP contribution in [0.1, 0.15) is 11.1 Å². The van der Waals surface area contributed by atoms with Crippen molar-refractivity contribution in [1.29, 1.82) is 0 Å². The van der Waals surface area contributed by atoms with Crippen LogP contribution in [-0.2, 0) is 0 Å². The third kappa shape index (κ3) is 3.01. The molecule has 94 valence electrons. The number of aromatic nitrogens is 2. The Bertz CT molecular complexity index is 523. The maximum absolute atomic E-state index is 4.24. The fraction of sp³-hybridized carbons (Fsp3) is 0.286. The van der Waals surface area contributed by atoms with Crippen LogP contribution in [0.4, 0.5) is 5.82 Å². The molecule has 0 saturated carbocycles. The third-order valence-electron chi connectivity index (χ3n) is 2.89. The van der Waals surface area contributed by atoms with Crippen LogP contribution < -0.4 is 5.32 Å².